The van der Waals surface area contributed by atoms with Crippen LogP contribution in [0, 0.1) is 14.4 Å². The summed E-state index contributed by atoms with van der Waals surface area (Å²) >= 11 is 0. The monoisotopic (exact) mass is 323 g/mol. The van der Waals surface area contributed by atoms with Gasteiger partial charge in [0.05, 0.1) is 0 Å². The average molecular weight is 323 g/mol. The van der Waals surface area contributed by atoms with Crippen molar-refractivity contribution in [3.63, 3.8) is 0 Å². The number of rotatable bonds is 0. The van der Waals surface area contributed by atoms with Crippen LogP contribution in [-0.4, -0.2) is 6.41 Å². The van der Waals surface area contributed by atoms with E-state index in [9.17, 15) is 0 Å². The molecule has 0 aromatic carbocycles. The fraction of sp³-hybridized carbons (Fsp3) is 0.250. The molecule has 1 radical (unpaired) electrons. The fourth-order valence-electron chi connectivity index (χ4n) is 0. The summed E-state index contributed by atoms with van der Waals surface area (Å²) in [5, 5.41) is 0. The molecule has 0 saturated heterocycles. The van der Waals surface area contributed by atoms with Crippen LogP contribution >= 0.6 is 0 Å². The van der Waals surface area contributed by atoms with Gasteiger partial charge in [-0.25, -0.2) is 0 Å². The third-order valence-electron chi connectivity index (χ3n) is 0. The number of nitrogens with two attached hydrogens (primary N) is 1. The van der Waals surface area contributed by atoms with Crippen LogP contribution in [0.5, 0.6) is 0 Å². The topological polar surface area (TPSA) is 43.1 Å². The van der Waals surface area contributed by atoms with E-state index in [1.807, 2.05) is 0 Å². The van der Waals surface area contributed by atoms with Gasteiger partial charge in [-0.1, -0.05) is 0 Å². The van der Waals surface area contributed by atoms with Crippen molar-refractivity contribution < 1.29 is 44.4 Å². The van der Waals surface area contributed by atoms with Crippen molar-refractivity contribution in [1.82, 2.24) is 0 Å². The average Bonchev–Trinajstić information content (AvgIpc) is 1.46. The Kier molecular flexibility index (Phi) is 542. The predicted molar refractivity (Wildman–Crippen MR) is 27.3 cm³/mol. The fourth-order valence-corrected chi connectivity index (χ4v) is 0. The van der Waals surface area contributed by atoms with Crippen LogP contribution in [0.4, 0.5) is 0 Å². The maximum atomic E-state index is 8.46. The zero-order valence-electron chi connectivity index (χ0n) is 5.05. The molecular weight excluding hydrogens is 313 g/mol. The molecule has 0 heterocycles. The van der Waals surface area contributed by atoms with Crippen LogP contribution in [-0.2, 0) is 44.4 Å². The smallest absolute Gasteiger partial charge is 0.543 e. The second-order valence-corrected chi connectivity index (χ2v) is 0.118. The number of hydrogen-bond acceptors (Lipinski definition) is 1. The summed E-state index contributed by atoms with van der Waals surface area (Å²) in [6.07, 6.45) is 1.00. The van der Waals surface area contributed by atoms with E-state index in [1.165, 1.54) is 0 Å². The van der Waals surface area contributed by atoms with E-state index in [2.05, 4.69) is 12.7 Å². The molecule has 8 heavy (non-hydrogen) atoms. The Morgan fingerprint density at radius 3 is 1.50 bits per heavy atom. The Morgan fingerprint density at radius 2 is 1.50 bits per heavy atom. The van der Waals surface area contributed by atoms with Crippen molar-refractivity contribution in [2.75, 3.05) is 0 Å². The summed E-state index contributed by atoms with van der Waals surface area (Å²) in [5.41, 5.74) is 4.04. The Morgan fingerprint density at radius 1 is 1.50 bits per heavy atom. The summed E-state index contributed by atoms with van der Waals surface area (Å²) in [6.45, 7) is 5.00. The SMILES string of the molecule is N[C-]=O.[CH2-]C.[CH3-].[V].[W+2]. The van der Waals surface area contributed by atoms with Crippen LogP contribution in [0.3, 0.4) is 0 Å². The molecule has 0 aliphatic rings. The molecule has 0 spiro atoms. The van der Waals surface area contributed by atoms with E-state index < -0.39 is 0 Å². The first kappa shape index (κ1) is 37.4. The normalized spacial score (nSPS) is 2.25. The second kappa shape index (κ2) is 116. The minimum atomic E-state index is 0. The van der Waals surface area contributed by atoms with Crippen LogP contribution in [0.1, 0.15) is 6.92 Å². The summed E-state index contributed by atoms with van der Waals surface area (Å²) in [5.74, 6) is 0. The maximum absolute atomic E-state index is 8.46. The van der Waals surface area contributed by atoms with E-state index in [0.717, 1.165) is 6.41 Å². The molecule has 0 aromatic rings. The van der Waals surface area contributed by atoms with Gasteiger partial charge in [-0.3, -0.25) is 0 Å². The standard InChI is InChI=1S/C2H5.CH2NO.CH3.V.W/c1-2;2-1-3;;;/h1H2,2H3;(H2,2,3);1H3;;/q3*-1;;+2. The first-order chi connectivity index (χ1) is 2.41. The van der Waals surface area contributed by atoms with Gasteiger partial charge in [0.1, 0.15) is 0 Å². The molecule has 49 valence electrons. The minimum Gasteiger partial charge on any atom is -0.543 e. The third-order valence-corrected chi connectivity index (χ3v) is 0. The number of hydrogen-bond donors (Lipinski definition) is 1. The summed E-state index contributed by atoms with van der Waals surface area (Å²) < 4.78 is 0. The Balaban J connectivity index is -0.00000000567. The van der Waals surface area contributed by atoms with Gasteiger partial charge >= 0.3 is 21.1 Å². The Bertz CT molecular complexity index is 23.5. The van der Waals surface area contributed by atoms with Gasteiger partial charge in [-0.15, -0.1) is 0 Å². The molecule has 0 saturated carbocycles. The molecule has 0 aliphatic heterocycles. The van der Waals surface area contributed by atoms with E-state index >= 15 is 0 Å². The molecule has 2 N–H and O–H groups in total. The van der Waals surface area contributed by atoms with Gasteiger partial charge in [0, 0.05) is 18.6 Å². The van der Waals surface area contributed by atoms with Crippen molar-refractivity contribution >= 4 is 6.41 Å². The van der Waals surface area contributed by atoms with Crippen molar-refractivity contribution in [3.8, 4) is 0 Å². The van der Waals surface area contributed by atoms with Gasteiger partial charge < -0.3 is 24.9 Å². The quantitative estimate of drug-likeness (QED) is 0.506. The molecule has 2 nitrogen and oxygen atoms in total. The van der Waals surface area contributed by atoms with Crippen molar-refractivity contribution in [2.24, 2.45) is 5.73 Å². The molecule has 0 unspecified atom stereocenters. The Hall–Kier alpha value is 0.743. The van der Waals surface area contributed by atoms with Gasteiger partial charge in [-0.05, 0) is 0 Å². The van der Waals surface area contributed by atoms with Gasteiger partial charge in [-0.2, -0.15) is 13.3 Å². The molecule has 0 aromatic heterocycles. The maximum Gasteiger partial charge on any atom is 2.00 e. The third kappa shape index (κ3) is 403. The number of carbonyl (C=O) groups excluding carboxylic acids is 1. The first-order valence-electron chi connectivity index (χ1n) is 1.20. The first-order valence-corrected chi connectivity index (χ1v) is 1.20. The largest absolute Gasteiger partial charge is 2.00 e. The van der Waals surface area contributed by atoms with Crippen molar-refractivity contribution in [3.05, 3.63) is 14.4 Å². The molecule has 0 fully saturated rings. The molecule has 0 aliphatic carbocycles. The van der Waals surface area contributed by atoms with Crippen molar-refractivity contribution in [1.29, 1.82) is 0 Å². The molecule has 0 rings (SSSR count). The van der Waals surface area contributed by atoms with E-state index in [1.54, 1.807) is 6.92 Å². The van der Waals surface area contributed by atoms with Gasteiger partial charge in [0.15, 0.2) is 0 Å². The molecule has 0 bridgehead atoms. The summed E-state index contributed by atoms with van der Waals surface area (Å²) in [7, 11) is 0. The van der Waals surface area contributed by atoms with Gasteiger partial charge in [0.2, 0.25) is 0 Å². The van der Waals surface area contributed by atoms with Crippen LogP contribution < -0.4 is 5.73 Å². The molecule has 1 amide bonds. The van der Waals surface area contributed by atoms with Crippen LogP contribution in [0.2, 0.25) is 0 Å². The minimum absolute atomic E-state index is 0. The summed E-state index contributed by atoms with van der Waals surface area (Å²) in [4.78, 5) is 8.46. The molecule has 4 heteroatoms. The number of primary amides is 1. The predicted octanol–water partition coefficient (Wildman–Crippen LogP) is 0.298. The van der Waals surface area contributed by atoms with Crippen LogP contribution in [0.25, 0.3) is 0 Å². The zero-order chi connectivity index (χ0) is 4.71. The van der Waals surface area contributed by atoms with E-state index in [0.29, 0.717) is 0 Å². The Labute approximate surface area is 77.7 Å². The number of amides is 1. The summed E-state index contributed by atoms with van der Waals surface area (Å²) in [6, 6.07) is 0. The zero-order valence-corrected chi connectivity index (χ0v) is 9.38. The van der Waals surface area contributed by atoms with Crippen LogP contribution in [0.15, 0.2) is 0 Å². The molecule has 0 atom stereocenters. The van der Waals surface area contributed by atoms with Crippen molar-refractivity contribution in [2.45, 2.75) is 6.92 Å². The van der Waals surface area contributed by atoms with E-state index in [-0.39, 0.29) is 47.0 Å². The molecular formula is C4H10NOVW-. The second-order valence-electron chi connectivity index (χ2n) is 0.118. The van der Waals surface area contributed by atoms with Gasteiger partial charge in [0.25, 0.3) is 0 Å². The van der Waals surface area contributed by atoms with E-state index in [4.69, 9.17) is 4.79 Å².